The van der Waals surface area contributed by atoms with Gasteiger partial charge < -0.3 is 4.42 Å². The van der Waals surface area contributed by atoms with Crippen molar-refractivity contribution >= 4 is 22.1 Å². The number of fused-ring (bicyclic) bond motifs is 5. The Balaban J connectivity index is 2.10. The normalized spacial score (nSPS) is 17.8. The summed E-state index contributed by atoms with van der Waals surface area (Å²) >= 11 is 0. The highest BCUT2D eigenvalue weighted by atomic mass is 16.3. The Kier molecular flexibility index (Phi) is 3.63. The predicted octanol–water partition coefficient (Wildman–Crippen LogP) is 5.47. The van der Waals surface area contributed by atoms with Crippen LogP contribution in [0.25, 0.3) is 33.5 Å². The van der Waals surface area contributed by atoms with Crippen molar-refractivity contribution < 1.29 is 8.98 Å². The van der Waals surface area contributed by atoms with Crippen molar-refractivity contribution in [3.8, 4) is 11.4 Å². The zero-order valence-corrected chi connectivity index (χ0v) is 18.6. The number of hydrogen-bond acceptors (Lipinski definition) is 2. The number of furan rings is 1. The van der Waals surface area contributed by atoms with Crippen molar-refractivity contribution in [1.29, 1.82) is 0 Å². The van der Waals surface area contributed by atoms with Crippen LogP contribution in [0.2, 0.25) is 0 Å². The Hall–Kier alpha value is -2.62. The van der Waals surface area contributed by atoms with Crippen LogP contribution in [0.3, 0.4) is 0 Å². The minimum absolute atomic E-state index is 0.0927. The topological polar surface area (TPSA) is 34.8 Å². The number of aromatic nitrogens is 3. The number of benzene rings is 1. The van der Waals surface area contributed by atoms with Crippen molar-refractivity contribution in [2.45, 2.75) is 58.3 Å². The van der Waals surface area contributed by atoms with Crippen LogP contribution in [-0.2, 0) is 24.9 Å². The van der Waals surface area contributed by atoms with Gasteiger partial charge in [0.15, 0.2) is 5.58 Å². The maximum atomic E-state index is 6.49. The van der Waals surface area contributed by atoms with Crippen LogP contribution in [0.15, 0.2) is 35.1 Å². The Morgan fingerprint density at radius 1 is 1.10 bits per heavy atom. The van der Waals surface area contributed by atoms with Crippen LogP contribution in [-0.4, -0.2) is 9.55 Å². The molecule has 4 nitrogen and oxygen atoms in total. The second kappa shape index (κ2) is 5.71. The lowest BCUT2D eigenvalue weighted by molar-refractivity contribution is -0.659. The van der Waals surface area contributed by atoms with E-state index >= 15 is 0 Å². The highest BCUT2D eigenvalue weighted by Gasteiger charge is 2.43. The summed E-state index contributed by atoms with van der Waals surface area (Å²) in [5, 5.41) is 2.38. The van der Waals surface area contributed by atoms with Gasteiger partial charge in [-0.25, -0.2) is 14.1 Å². The highest BCUT2D eigenvalue weighted by Crippen LogP contribution is 2.53. The molecule has 0 unspecified atom stereocenters. The molecule has 5 rings (SSSR count). The molecule has 0 fully saturated rings. The zero-order chi connectivity index (χ0) is 20.7. The number of nitrogens with zero attached hydrogens (tertiary/aromatic N) is 3. The fraction of sp³-hybridized carbons (Fsp3) is 0.440. The molecule has 0 atom stereocenters. The van der Waals surface area contributed by atoms with Gasteiger partial charge in [-0.2, -0.15) is 0 Å². The number of hydrogen-bond donors (Lipinski definition) is 0. The molecule has 1 aliphatic rings. The summed E-state index contributed by atoms with van der Waals surface area (Å²) in [6, 6.07) is 4.18. The first-order chi connectivity index (χ1) is 13.6. The first kappa shape index (κ1) is 18.4. The van der Waals surface area contributed by atoms with Crippen molar-refractivity contribution in [3.05, 3.63) is 47.4 Å². The van der Waals surface area contributed by atoms with Gasteiger partial charge >= 0.3 is 0 Å². The number of pyridine rings is 1. The molecule has 1 aliphatic carbocycles. The maximum Gasteiger partial charge on any atom is 0.292 e. The summed E-state index contributed by atoms with van der Waals surface area (Å²) < 4.78 is 10.9. The average Bonchev–Trinajstić information content (AvgIpc) is 3.19. The van der Waals surface area contributed by atoms with E-state index in [0.29, 0.717) is 0 Å². The molecule has 3 heterocycles. The van der Waals surface area contributed by atoms with Gasteiger partial charge in [-0.15, -0.1) is 0 Å². The summed E-state index contributed by atoms with van der Waals surface area (Å²) in [4.78, 5) is 4.57. The summed E-state index contributed by atoms with van der Waals surface area (Å²) in [7, 11) is 4.21. The van der Waals surface area contributed by atoms with Gasteiger partial charge in [0, 0.05) is 17.0 Å². The molecule has 0 amide bonds. The molecule has 4 heteroatoms. The van der Waals surface area contributed by atoms with Gasteiger partial charge in [0.05, 0.1) is 14.1 Å². The lowest BCUT2D eigenvalue weighted by atomic mass is 9.60. The van der Waals surface area contributed by atoms with Crippen molar-refractivity contribution in [3.63, 3.8) is 0 Å². The van der Waals surface area contributed by atoms with Crippen LogP contribution in [0.5, 0.6) is 0 Å². The third-order valence-electron chi connectivity index (χ3n) is 7.08. The Morgan fingerprint density at radius 3 is 2.45 bits per heavy atom. The van der Waals surface area contributed by atoms with Crippen LogP contribution < -0.4 is 4.57 Å². The van der Waals surface area contributed by atoms with E-state index in [9.17, 15) is 0 Å². The third kappa shape index (κ3) is 2.38. The van der Waals surface area contributed by atoms with Crippen LogP contribution in [0.1, 0.15) is 57.2 Å². The monoisotopic (exact) mass is 388 g/mol. The molecule has 0 radical (unpaired) electrons. The van der Waals surface area contributed by atoms with Crippen molar-refractivity contribution in [1.82, 2.24) is 9.55 Å². The van der Waals surface area contributed by atoms with E-state index in [-0.39, 0.29) is 10.8 Å². The summed E-state index contributed by atoms with van der Waals surface area (Å²) in [6.45, 7) is 11.9. The van der Waals surface area contributed by atoms with E-state index in [1.54, 1.807) is 0 Å². The van der Waals surface area contributed by atoms with Gasteiger partial charge in [0.25, 0.3) is 5.82 Å². The molecule has 0 saturated heterocycles. The first-order valence-corrected chi connectivity index (χ1v) is 10.5. The number of rotatable bonds is 1. The first-order valence-electron chi connectivity index (χ1n) is 10.5. The average molecular weight is 389 g/mol. The van der Waals surface area contributed by atoms with Crippen LogP contribution in [0.4, 0.5) is 0 Å². The van der Waals surface area contributed by atoms with Gasteiger partial charge in [0.2, 0.25) is 5.71 Å². The lowest BCUT2D eigenvalue weighted by Crippen LogP contribution is -2.36. The fourth-order valence-electron chi connectivity index (χ4n) is 5.57. The molecule has 0 bridgehead atoms. The molecule has 0 saturated carbocycles. The van der Waals surface area contributed by atoms with Gasteiger partial charge in [0.1, 0.15) is 18.0 Å². The molecule has 1 aromatic carbocycles. The molecule has 29 heavy (non-hydrogen) atoms. The van der Waals surface area contributed by atoms with Crippen molar-refractivity contribution in [2.24, 2.45) is 14.1 Å². The standard InChI is InChI=1S/C25H30N3O/c1-15-17(23-27(6)13-14-28(23)7)21-18(16-9-8-12-26-22(16)29-21)20-19(15)24(2,3)10-11-25(20,4)5/h8-9,12-14H,10-11H2,1-7H3/q+1. The van der Waals surface area contributed by atoms with E-state index in [1.807, 2.05) is 12.3 Å². The summed E-state index contributed by atoms with van der Waals surface area (Å²) in [5.74, 6) is 1.16. The fourth-order valence-corrected chi connectivity index (χ4v) is 5.57. The molecular formula is C25H30N3O+. The maximum absolute atomic E-state index is 6.49. The lowest BCUT2D eigenvalue weighted by Gasteiger charge is -2.43. The van der Waals surface area contributed by atoms with E-state index in [1.165, 1.54) is 40.5 Å². The molecule has 0 spiro atoms. The quantitative estimate of drug-likeness (QED) is 0.405. The van der Waals surface area contributed by atoms with E-state index in [4.69, 9.17) is 4.42 Å². The Morgan fingerprint density at radius 2 is 1.79 bits per heavy atom. The van der Waals surface area contributed by atoms with Gasteiger partial charge in [-0.3, -0.25) is 0 Å². The second-order valence-electron chi connectivity index (χ2n) is 10.0. The molecular weight excluding hydrogens is 358 g/mol. The zero-order valence-electron chi connectivity index (χ0n) is 18.6. The molecule has 0 aliphatic heterocycles. The largest absolute Gasteiger partial charge is 0.437 e. The van der Waals surface area contributed by atoms with Crippen LogP contribution in [0, 0.1) is 6.92 Å². The van der Waals surface area contributed by atoms with E-state index < -0.39 is 0 Å². The predicted molar refractivity (Wildman–Crippen MR) is 117 cm³/mol. The molecule has 4 aromatic rings. The summed E-state index contributed by atoms with van der Waals surface area (Å²) in [5.41, 5.74) is 7.38. The minimum atomic E-state index is 0.0927. The van der Waals surface area contributed by atoms with Gasteiger partial charge in [-0.1, -0.05) is 27.7 Å². The SMILES string of the molecule is Cc1c2c(c3c(oc4ncccc43)c1-c1n(C)cc[n+]1C)C(C)(C)CCC2(C)C. The van der Waals surface area contributed by atoms with Gasteiger partial charge in [-0.05, 0) is 59.4 Å². The molecule has 0 N–H and O–H groups in total. The number of aryl methyl sites for hydroxylation is 2. The minimum Gasteiger partial charge on any atom is -0.437 e. The Labute approximate surface area is 172 Å². The Bertz CT molecular complexity index is 1270. The van der Waals surface area contributed by atoms with Crippen molar-refractivity contribution in [2.75, 3.05) is 0 Å². The summed E-state index contributed by atoms with van der Waals surface area (Å²) in [6.07, 6.45) is 8.39. The highest BCUT2D eigenvalue weighted by molar-refractivity contribution is 6.11. The van der Waals surface area contributed by atoms with Crippen LogP contribution >= 0.6 is 0 Å². The van der Waals surface area contributed by atoms with E-state index in [2.05, 4.69) is 81.3 Å². The molecule has 3 aromatic heterocycles. The molecule has 150 valence electrons. The third-order valence-corrected chi connectivity index (χ3v) is 7.08. The second-order valence-corrected chi connectivity index (χ2v) is 10.0. The smallest absolute Gasteiger partial charge is 0.292 e. The number of imidazole rings is 1. The van der Waals surface area contributed by atoms with E-state index in [0.717, 1.165) is 22.5 Å².